The quantitative estimate of drug-likeness (QED) is 0.298. The molecule has 1 amide bonds. The molecule has 2 aromatic rings. The van der Waals surface area contributed by atoms with Gasteiger partial charge < -0.3 is 14.8 Å². The van der Waals surface area contributed by atoms with Crippen molar-refractivity contribution in [3.8, 4) is 11.5 Å². The largest absolute Gasteiger partial charge is 0.497 e. The van der Waals surface area contributed by atoms with Crippen molar-refractivity contribution in [2.75, 3.05) is 37.4 Å². The van der Waals surface area contributed by atoms with Gasteiger partial charge in [0.05, 0.1) is 30.5 Å². The van der Waals surface area contributed by atoms with Crippen molar-refractivity contribution < 1.29 is 27.6 Å². The molecule has 0 fully saturated rings. The first-order valence-corrected chi connectivity index (χ1v) is 11.3. The minimum atomic E-state index is -3.67. The van der Waals surface area contributed by atoms with Crippen molar-refractivity contribution in [2.45, 2.75) is 12.8 Å². The topological polar surface area (TPSA) is 128 Å². The molecule has 11 heteroatoms. The molecule has 0 saturated heterocycles. The number of hydrogen-bond donors (Lipinski definition) is 1. The zero-order valence-electron chi connectivity index (χ0n) is 17.3. The van der Waals surface area contributed by atoms with E-state index in [1.165, 1.54) is 24.3 Å². The predicted molar refractivity (Wildman–Crippen MR) is 116 cm³/mol. The molecule has 10 nitrogen and oxygen atoms in total. The Morgan fingerprint density at radius 1 is 1.16 bits per heavy atom. The van der Waals surface area contributed by atoms with Crippen LogP contribution in [0.3, 0.4) is 0 Å². The number of ether oxygens (including phenoxy) is 2. The van der Waals surface area contributed by atoms with E-state index in [9.17, 15) is 23.3 Å². The summed E-state index contributed by atoms with van der Waals surface area (Å²) in [6.07, 6.45) is 1.36. The van der Waals surface area contributed by atoms with Crippen molar-refractivity contribution in [1.29, 1.82) is 0 Å². The van der Waals surface area contributed by atoms with Crippen LogP contribution in [0.4, 0.5) is 11.4 Å². The van der Waals surface area contributed by atoms with Gasteiger partial charge in [-0.2, -0.15) is 0 Å². The van der Waals surface area contributed by atoms with E-state index in [2.05, 4.69) is 5.32 Å². The number of carbonyl (C=O) groups is 1. The van der Waals surface area contributed by atoms with E-state index in [4.69, 9.17) is 9.47 Å². The zero-order chi connectivity index (χ0) is 22.9. The first kappa shape index (κ1) is 23.9. The maximum atomic E-state index is 12.1. The van der Waals surface area contributed by atoms with Crippen LogP contribution in [0, 0.1) is 10.1 Å². The van der Waals surface area contributed by atoms with Crippen LogP contribution in [0.25, 0.3) is 0 Å². The molecule has 2 rings (SSSR count). The summed E-state index contributed by atoms with van der Waals surface area (Å²) in [5.74, 6) is 1.04. The Labute approximate surface area is 181 Å². The highest BCUT2D eigenvalue weighted by Crippen LogP contribution is 2.23. The minimum absolute atomic E-state index is 0.0216. The highest BCUT2D eigenvalue weighted by atomic mass is 32.2. The number of hydrogen-bond acceptors (Lipinski definition) is 7. The van der Waals surface area contributed by atoms with Gasteiger partial charge >= 0.3 is 0 Å². The lowest BCUT2D eigenvalue weighted by atomic mass is 10.2. The monoisotopic (exact) mass is 451 g/mol. The Hall–Kier alpha value is -3.34. The molecule has 0 heterocycles. The molecule has 1 N–H and O–H groups in total. The minimum Gasteiger partial charge on any atom is -0.497 e. The van der Waals surface area contributed by atoms with Crippen LogP contribution in [0.5, 0.6) is 11.5 Å². The van der Waals surface area contributed by atoms with Crippen molar-refractivity contribution in [3.63, 3.8) is 0 Å². The third-order valence-corrected chi connectivity index (χ3v) is 5.42. The van der Waals surface area contributed by atoms with Crippen LogP contribution < -0.4 is 19.1 Å². The van der Waals surface area contributed by atoms with Gasteiger partial charge in [0.25, 0.3) is 5.69 Å². The SMILES string of the molecule is COc1cccc(OCCNC(=O)CCCN(c2cccc([N+](=O)[O-])c2)S(C)(=O)=O)c1. The van der Waals surface area contributed by atoms with Crippen LogP contribution in [-0.2, 0) is 14.8 Å². The van der Waals surface area contributed by atoms with Gasteiger partial charge in [0, 0.05) is 31.2 Å². The number of benzene rings is 2. The first-order valence-electron chi connectivity index (χ1n) is 9.46. The first-order chi connectivity index (χ1) is 14.7. The van der Waals surface area contributed by atoms with E-state index < -0.39 is 14.9 Å². The Morgan fingerprint density at radius 2 is 1.87 bits per heavy atom. The summed E-state index contributed by atoms with van der Waals surface area (Å²) in [6, 6.07) is 12.5. The number of amides is 1. The fourth-order valence-corrected chi connectivity index (χ4v) is 3.73. The van der Waals surface area contributed by atoms with Gasteiger partial charge in [0.2, 0.25) is 15.9 Å². The summed E-state index contributed by atoms with van der Waals surface area (Å²) in [5.41, 5.74) is -0.0243. The van der Waals surface area contributed by atoms with Crippen molar-refractivity contribution >= 4 is 27.3 Å². The molecule has 0 saturated carbocycles. The molecule has 0 unspecified atom stereocenters. The number of anilines is 1. The third kappa shape index (κ3) is 7.78. The summed E-state index contributed by atoms with van der Waals surface area (Å²) in [5, 5.41) is 13.7. The molecule has 0 aliphatic heterocycles. The highest BCUT2D eigenvalue weighted by Gasteiger charge is 2.19. The van der Waals surface area contributed by atoms with E-state index in [0.717, 1.165) is 10.6 Å². The van der Waals surface area contributed by atoms with E-state index in [0.29, 0.717) is 11.5 Å². The van der Waals surface area contributed by atoms with Gasteiger partial charge in [-0.1, -0.05) is 12.1 Å². The molecule has 31 heavy (non-hydrogen) atoms. The van der Waals surface area contributed by atoms with E-state index in [1.54, 1.807) is 31.4 Å². The van der Waals surface area contributed by atoms with Gasteiger partial charge in [0.1, 0.15) is 18.1 Å². The number of nitrogens with zero attached hydrogens (tertiary/aromatic N) is 2. The zero-order valence-corrected chi connectivity index (χ0v) is 18.1. The molecule has 0 atom stereocenters. The number of sulfonamides is 1. The number of nitrogens with one attached hydrogen (secondary N) is 1. The lowest BCUT2D eigenvalue weighted by molar-refractivity contribution is -0.384. The molecule has 0 bridgehead atoms. The summed E-state index contributed by atoms with van der Waals surface area (Å²) in [6.45, 7) is 0.576. The van der Waals surface area contributed by atoms with Crippen molar-refractivity contribution in [2.24, 2.45) is 0 Å². The Kier molecular flexibility index (Phi) is 8.62. The molecule has 0 spiro atoms. The lowest BCUT2D eigenvalue weighted by Gasteiger charge is -2.22. The lowest BCUT2D eigenvalue weighted by Crippen LogP contribution is -2.33. The van der Waals surface area contributed by atoms with Gasteiger partial charge in [-0.05, 0) is 24.6 Å². The summed E-state index contributed by atoms with van der Waals surface area (Å²) in [7, 11) is -2.11. The fourth-order valence-electron chi connectivity index (χ4n) is 2.77. The second kappa shape index (κ2) is 11.2. The Balaban J connectivity index is 1.80. The van der Waals surface area contributed by atoms with Gasteiger partial charge in [-0.3, -0.25) is 19.2 Å². The summed E-state index contributed by atoms with van der Waals surface area (Å²) >= 11 is 0. The average molecular weight is 452 g/mol. The molecular weight excluding hydrogens is 426 g/mol. The number of carbonyl (C=O) groups excluding carboxylic acids is 1. The Bertz CT molecular complexity index is 1010. The van der Waals surface area contributed by atoms with E-state index >= 15 is 0 Å². The van der Waals surface area contributed by atoms with Gasteiger partial charge in [-0.15, -0.1) is 0 Å². The second-order valence-corrected chi connectivity index (χ2v) is 8.50. The fraction of sp³-hybridized carbons (Fsp3) is 0.350. The third-order valence-electron chi connectivity index (χ3n) is 4.23. The second-order valence-electron chi connectivity index (χ2n) is 6.59. The van der Waals surface area contributed by atoms with Crippen molar-refractivity contribution in [3.05, 3.63) is 58.6 Å². The molecule has 168 valence electrons. The van der Waals surface area contributed by atoms with Gasteiger partial charge in [0.15, 0.2) is 0 Å². The smallest absolute Gasteiger partial charge is 0.271 e. The number of nitro groups is 1. The normalized spacial score (nSPS) is 10.9. The highest BCUT2D eigenvalue weighted by molar-refractivity contribution is 7.92. The molecule has 0 aliphatic carbocycles. The molecular formula is C20H25N3O7S. The van der Waals surface area contributed by atoms with Crippen LogP contribution in [0.15, 0.2) is 48.5 Å². The number of rotatable bonds is 12. The number of non-ortho nitro benzene ring substituents is 1. The van der Waals surface area contributed by atoms with Crippen LogP contribution in [0.1, 0.15) is 12.8 Å². The van der Waals surface area contributed by atoms with E-state index in [1.807, 2.05) is 0 Å². The molecule has 2 aromatic carbocycles. The number of methoxy groups -OCH3 is 1. The predicted octanol–water partition coefficient (Wildman–Crippen LogP) is 2.34. The standard InChI is InChI=1S/C20H25N3O7S/c1-29-18-8-4-9-19(15-18)30-13-11-21-20(24)10-5-12-22(31(2,27)28)16-6-3-7-17(14-16)23(25)26/h3-4,6-9,14-15H,5,10-13H2,1-2H3,(H,21,24). The molecule has 0 aliphatic rings. The Morgan fingerprint density at radius 3 is 2.55 bits per heavy atom. The van der Waals surface area contributed by atoms with Gasteiger partial charge in [-0.25, -0.2) is 8.42 Å². The summed E-state index contributed by atoms with van der Waals surface area (Å²) in [4.78, 5) is 22.4. The van der Waals surface area contributed by atoms with Crippen LogP contribution >= 0.6 is 0 Å². The number of nitro benzene ring substituents is 1. The maximum absolute atomic E-state index is 12.1. The molecule has 0 radical (unpaired) electrons. The maximum Gasteiger partial charge on any atom is 0.271 e. The van der Waals surface area contributed by atoms with Crippen molar-refractivity contribution in [1.82, 2.24) is 5.32 Å². The average Bonchev–Trinajstić information content (AvgIpc) is 2.73. The van der Waals surface area contributed by atoms with Crippen LogP contribution in [-0.4, -0.2) is 52.3 Å². The van der Waals surface area contributed by atoms with Crippen LogP contribution in [0.2, 0.25) is 0 Å². The van der Waals surface area contributed by atoms with E-state index in [-0.39, 0.29) is 49.8 Å². The molecule has 0 aromatic heterocycles. The summed E-state index contributed by atoms with van der Waals surface area (Å²) < 4.78 is 35.9.